The highest BCUT2D eigenvalue weighted by Crippen LogP contribution is 2.19. The molecule has 0 saturated carbocycles. The normalized spacial score (nSPS) is 38.6. The zero-order valence-corrected chi connectivity index (χ0v) is 7.09. The van der Waals surface area contributed by atoms with Crippen molar-refractivity contribution in [3.05, 3.63) is 12.2 Å². The molecule has 11 heavy (non-hydrogen) atoms. The molecule has 62 valence electrons. The predicted molar refractivity (Wildman–Crippen MR) is 46.6 cm³/mol. The van der Waals surface area contributed by atoms with Crippen LogP contribution in [0.15, 0.2) is 12.2 Å². The van der Waals surface area contributed by atoms with E-state index in [4.69, 9.17) is 0 Å². The van der Waals surface area contributed by atoms with Crippen LogP contribution in [0.3, 0.4) is 0 Å². The molecule has 0 aromatic rings. The van der Waals surface area contributed by atoms with E-state index in [1.165, 1.54) is 13.0 Å². The van der Waals surface area contributed by atoms with Crippen LogP contribution >= 0.6 is 0 Å². The molecule has 1 aliphatic carbocycles. The second-order valence-corrected chi connectivity index (χ2v) is 3.52. The first-order valence-electron chi connectivity index (χ1n) is 4.51. The van der Waals surface area contributed by atoms with Gasteiger partial charge in [0, 0.05) is 31.7 Å². The Kier molecular flexibility index (Phi) is 1.96. The van der Waals surface area contributed by atoms with E-state index in [9.17, 15) is 0 Å². The fraction of sp³-hybridized carbons (Fsp3) is 0.778. The maximum absolute atomic E-state index is 3.40. The Hall–Kier alpha value is -0.340. The van der Waals surface area contributed by atoms with Gasteiger partial charge in [-0.1, -0.05) is 12.2 Å². The number of nitrogens with one attached hydrogen (secondary N) is 1. The molecule has 1 saturated heterocycles. The molecule has 2 heteroatoms. The van der Waals surface area contributed by atoms with E-state index in [0.29, 0.717) is 0 Å². The van der Waals surface area contributed by atoms with Crippen molar-refractivity contribution in [2.24, 2.45) is 0 Å². The van der Waals surface area contributed by atoms with Gasteiger partial charge in [-0.05, 0) is 13.3 Å². The van der Waals surface area contributed by atoms with Crippen molar-refractivity contribution in [2.75, 3.05) is 19.6 Å². The zero-order chi connectivity index (χ0) is 7.68. The lowest BCUT2D eigenvalue weighted by Gasteiger charge is -2.40. The molecule has 2 nitrogen and oxygen atoms in total. The summed E-state index contributed by atoms with van der Waals surface area (Å²) in [5, 5.41) is 3.40. The van der Waals surface area contributed by atoms with Crippen molar-refractivity contribution in [3.63, 3.8) is 0 Å². The van der Waals surface area contributed by atoms with Crippen LogP contribution < -0.4 is 5.32 Å². The van der Waals surface area contributed by atoms with Crippen LogP contribution in [0, 0.1) is 0 Å². The van der Waals surface area contributed by atoms with Gasteiger partial charge in [-0.15, -0.1) is 0 Å². The van der Waals surface area contributed by atoms with Crippen molar-refractivity contribution in [1.29, 1.82) is 0 Å². The second kappa shape index (κ2) is 2.95. The summed E-state index contributed by atoms with van der Waals surface area (Å²) in [5.74, 6) is 0. The molecule has 1 heterocycles. The Balaban J connectivity index is 1.94. The summed E-state index contributed by atoms with van der Waals surface area (Å²) in [6.45, 7) is 5.84. The van der Waals surface area contributed by atoms with Crippen LogP contribution in [-0.4, -0.2) is 36.6 Å². The lowest BCUT2D eigenvalue weighted by atomic mass is 9.99. The average molecular weight is 152 g/mol. The lowest BCUT2D eigenvalue weighted by molar-refractivity contribution is 0.133. The van der Waals surface area contributed by atoms with Crippen molar-refractivity contribution < 1.29 is 0 Å². The van der Waals surface area contributed by atoms with Crippen LogP contribution in [-0.2, 0) is 0 Å². The minimum Gasteiger partial charge on any atom is -0.314 e. The van der Waals surface area contributed by atoms with Crippen LogP contribution in [0.25, 0.3) is 0 Å². The summed E-state index contributed by atoms with van der Waals surface area (Å²) in [4.78, 5) is 2.59. The van der Waals surface area contributed by atoms with Gasteiger partial charge in [0.2, 0.25) is 0 Å². The Morgan fingerprint density at radius 2 is 2.36 bits per heavy atom. The molecule has 1 aliphatic heterocycles. The predicted octanol–water partition coefficient (Wildman–Crippen LogP) is 0.609. The summed E-state index contributed by atoms with van der Waals surface area (Å²) in [6, 6.07) is 1.48. The minimum atomic E-state index is 0.721. The number of rotatable bonds is 1. The molecule has 0 radical (unpaired) electrons. The van der Waals surface area contributed by atoms with E-state index in [1.54, 1.807) is 0 Å². The van der Waals surface area contributed by atoms with Gasteiger partial charge in [-0.2, -0.15) is 0 Å². The molecular weight excluding hydrogens is 136 g/mol. The first kappa shape index (κ1) is 7.32. The Bertz CT molecular complexity index is 165. The topological polar surface area (TPSA) is 15.3 Å². The van der Waals surface area contributed by atoms with Crippen molar-refractivity contribution >= 4 is 0 Å². The molecule has 0 amide bonds. The Morgan fingerprint density at radius 1 is 1.55 bits per heavy atom. The van der Waals surface area contributed by atoms with E-state index < -0.39 is 0 Å². The highest BCUT2D eigenvalue weighted by molar-refractivity contribution is 5.09. The number of piperazine rings is 1. The summed E-state index contributed by atoms with van der Waals surface area (Å²) < 4.78 is 0. The smallest absolute Gasteiger partial charge is 0.0316 e. The third-order valence-corrected chi connectivity index (χ3v) is 2.71. The third kappa shape index (κ3) is 1.33. The molecule has 1 unspecified atom stereocenters. The highest BCUT2D eigenvalue weighted by Gasteiger charge is 2.25. The Morgan fingerprint density at radius 3 is 2.91 bits per heavy atom. The molecule has 0 spiro atoms. The van der Waals surface area contributed by atoms with Crippen LogP contribution in [0.5, 0.6) is 0 Å². The highest BCUT2D eigenvalue weighted by atomic mass is 15.2. The summed E-state index contributed by atoms with van der Waals surface area (Å²) in [5.41, 5.74) is 0. The first-order valence-corrected chi connectivity index (χ1v) is 4.51. The largest absolute Gasteiger partial charge is 0.314 e. The number of nitrogens with zero attached hydrogens (tertiary/aromatic N) is 1. The molecule has 2 atom stereocenters. The maximum Gasteiger partial charge on any atom is 0.0316 e. The van der Waals surface area contributed by atoms with Gasteiger partial charge in [0.15, 0.2) is 0 Å². The second-order valence-electron chi connectivity index (χ2n) is 3.52. The van der Waals surface area contributed by atoms with E-state index >= 15 is 0 Å². The van der Waals surface area contributed by atoms with Crippen molar-refractivity contribution in [3.8, 4) is 0 Å². The Labute approximate surface area is 68.3 Å². The molecule has 0 bridgehead atoms. The van der Waals surface area contributed by atoms with Gasteiger partial charge in [-0.25, -0.2) is 0 Å². The van der Waals surface area contributed by atoms with Crippen molar-refractivity contribution in [2.45, 2.75) is 25.4 Å². The fourth-order valence-corrected chi connectivity index (χ4v) is 1.85. The van der Waals surface area contributed by atoms with E-state index in [0.717, 1.165) is 25.2 Å². The third-order valence-electron chi connectivity index (χ3n) is 2.71. The molecule has 0 aromatic carbocycles. The lowest BCUT2D eigenvalue weighted by Crippen LogP contribution is -2.54. The van der Waals surface area contributed by atoms with E-state index in [2.05, 4.69) is 29.3 Å². The average Bonchev–Trinajstić information content (AvgIpc) is 1.90. The molecule has 1 fully saturated rings. The fourth-order valence-electron chi connectivity index (χ4n) is 1.85. The summed E-state index contributed by atoms with van der Waals surface area (Å²) in [6.07, 6.45) is 5.85. The van der Waals surface area contributed by atoms with E-state index in [1.807, 2.05) is 0 Å². The molecule has 2 rings (SSSR count). The first-order chi connectivity index (χ1) is 5.38. The molecule has 2 aliphatic rings. The standard InChI is InChI=1S/C9H16N2/c1-8-7-10-5-6-11(8)9-3-2-4-9/h2-3,8-10H,4-7H2,1H3/t8-,9?/m1/s1. The molecule has 0 aromatic heterocycles. The zero-order valence-electron chi connectivity index (χ0n) is 7.09. The molecule has 1 N–H and O–H groups in total. The van der Waals surface area contributed by atoms with Gasteiger partial charge in [0.1, 0.15) is 0 Å². The van der Waals surface area contributed by atoms with Gasteiger partial charge in [0.05, 0.1) is 0 Å². The summed E-state index contributed by atoms with van der Waals surface area (Å²) >= 11 is 0. The van der Waals surface area contributed by atoms with Gasteiger partial charge < -0.3 is 5.32 Å². The van der Waals surface area contributed by atoms with Gasteiger partial charge in [-0.3, -0.25) is 4.90 Å². The molecular formula is C9H16N2. The van der Waals surface area contributed by atoms with Crippen LogP contribution in [0.2, 0.25) is 0 Å². The van der Waals surface area contributed by atoms with Crippen LogP contribution in [0.4, 0.5) is 0 Å². The van der Waals surface area contributed by atoms with Crippen LogP contribution in [0.1, 0.15) is 13.3 Å². The minimum absolute atomic E-state index is 0.721. The van der Waals surface area contributed by atoms with E-state index in [-0.39, 0.29) is 0 Å². The van der Waals surface area contributed by atoms with Crippen molar-refractivity contribution in [1.82, 2.24) is 10.2 Å². The maximum atomic E-state index is 3.40. The number of hydrogen-bond donors (Lipinski definition) is 1. The SMILES string of the molecule is C[C@@H]1CNCCN1C1C=CC1. The van der Waals surface area contributed by atoms with Gasteiger partial charge >= 0.3 is 0 Å². The van der Waals surface area contributed by atoms with Gasteiger partial charge in [0.25, 0.3) is 0 Å². The monoisotopic (exact) mass is 152 g/mol. The quantitative estimate of drug-likeness (QED) is 0.554. The summed E-state index contributed by atoms with van der Waals surface area (Å²) in [7, 11) is 0. The number of hydrogen-bond acceptors (Lipinski definition) is 2.